The van der Waals surface area contributed by atoms with E-state index in [2.05, 4.69) is 117 Å². The van der Waals surface area contributed by atoms with Crippen molar-refractivity contribution in [1.82, 2.24) is 19.8 Å². The van der Waals surface area contributed by atoms with Crippen molar-refractivity contribution in [3.05, 3.63) is 109 Å². The van der Waals surface area contributed by atoms with Crippen LogP contribution in [0.15, 0.2) is 97.3 Å². The quantitative estimate of drug-likeness (QED) is 0.239. The fourth-order valence-electron chi connectivity index (χ4n) is 4.79. The number of benzene rings is 2. The van der Waals surface area contributed by atoms with E-state index in [0.29, 0.717) is 0 Å². The molecule has 2 aromatic carbocycles. The maximum absolute atomic E-state index is 5.87. The normalized spacial score (nSPS) is 17.2. The number of rotatable bonds is 9. The Labute approximate surface area is 218 Å². The molecule has 5 rings (SSSR count). The Morgan fingerprint density at radius 1 is 0.944 bits per heavy atom. The molecule has 6 nitrogen and oxygen atoms in total. The lowest BCUT2D eigenvalue weighted by atomic mass is 10.0. The average molecular weight is 497 g/mol. The molecule has 2 atom stereocenters. The molecule has 1 fully saturated rings. The maximum Gasteiger partial charge on any atom is 0.170 e. The number of hydrogen-bond acceptors (Lipinski definition) is 4. The lowest BCUT2D eigenvalue weighted by Crippen LogP contribution is -2.32. The summed E-state index contributed by atoms with van der Waals surface area (Å²) in [5, 5.41) is 7.86. The second kappa shape index (κ2) is 10.8. The van der Waals surface area contributed by atoms with Crippen LogP contribution >= 0.6 is 12.2 Å². The van der Waals surface area contributed by atoms with Crippen LogP contribution in [0.2, 0.25) is 0 Å². The van der Waals surface area contributed by atoms with Gasteiger partial charge in [-0.25, -0.2) is 0 Å². The van der Waals surface area contributed by atoms with Crippen molar-refractivity contribution < 1.29 is 0 Å². The molecule has 2 N–H and O–H groups in total. The first-order valence-corrected chi connectivity index (χ1v) is 12.7. The van der Waals surface area contributed by atoms with E-state index in [1.54, 1.807) is 0 Å². The van der Waals surface area contributed by atoms with Gasteiger partial charge in [-0.15, -0.1) is 0 Å². The molecule has 4 aromatic rings. The molecule has 2 aromatic heterocycles. The monoisotopic (exact) mass is 496 g/mol. The lowest BCUT2D eigenvalue weighted by Gasteiger charge is -2.29. The highest BCUT2D eigenvalue weighted by atomic mass is 32.1. The molecule has 1 saturated heterocycles. The second-order valence-corrected chi connectivity index (χ2v) is 9.57. The van der Waals surface area contributed by atoms with Crippen molar-refractivity contribution in [3.8, 4) is 5.69 Å². The molecule has 0 saturated carbocycles. The van der Waals surface area contributed by atoms with Gasteiger partial charge in [-0.2, -0.15) is 0 Å². The van der Waals surface area contributed by atoms with E-state index in [0.717, 1.165) is 41.7 Å². The Hall–Kier alpha value is -3.84. The zero-order valence-corrected chi connectivity index (χ0v) is 21.5. The van der Waals surface area contributed by atoms with Crippen LogP contribution in [0.3, 0.4) is 0 Å². The Balaban J connectivity index is 1.42. The van der Waals surface area contributed by atoms with E-state index in [1.807, 2.05) is 24.4 Å². The van der Waals surface area contributed by atoms with Crippen molar-refractivity contribution >= 4 is 28.7 Å². The van der Waals surface area contributed by atoms with Crippen LogP contribution < -0.4 is 15.5 Å². The summed E-state index contributed by atoms with van der Waals surface area (Å²) in [6.07, 6.45) is 4.94. The van der Waals surface area contributed by atoms with Crippen LogP contribution in [0, 0.1) is 0 Å². The third-order valence-electron chi connectivity index (χ3n) is 6.60. The zero-order valence-electron chi connectivity index (χ0n) is 20.7. The molecule has 0 unspecified atom stereocenters. The van der Waals surface area contributed by atoms with Gasteiger partial charge < -0.3 is 25.0 Å². The summed E-state index contributed by atoms with van der Waals surface area (Å²) >= 11 is 5.87. The number of hydrogen-bond donors (Lipinski definition) is 2. The first kappa shape index (κ1) is 23.9. The summed E-state index contributed by atoms with van der Waals surface area (Å²) < 4.78 is 2.27. The van der Waals surface area contributed by atoms with Crippen molar-refractivity contribution in [2.75, 3.05) is 37.4 Å². The predicted octanol–water partition coefficient (Wildman–Crippen LogP) is 5.41. The Kier molecular flexibility index (Phi) is 7.18. The molecular weight excluding hydrogens is 464 g/mol. The lowest BCUT2D eigenvalue weighted by molar-refractivity contribution is 0.307. The minimum atomic E-state index is -0.0320. The highest BCUT2D eigenvalue weighted by molar-refractivity contribution is 7.80. The Morgan fingerprint density at radius 3 is 2.44 bits per heavy atom. The SMILES string of the molecule is CN(C)c1ccc(-n2cccc2[C@@H]2[C@H](c3ccccn3)NC(=S)N2CCCNc2ccccc2)cc1. The number of anilines is 2. The third kappa shape index (κ3) is 5.06. The van der Waals surface area contributed by atoms with Crippen LogP contribution in [-0.4, -0.2) is 46.7 Å². The van der Waals surface area contributed by atoms with Gasteiger partial charge in [0, 0.05) is 62.3 Å². The van der Waals surface area contributed by atoms with Crippen molar-refractivity contribution in [3.63, 3.8) is 0 Å². The van der Waals surface area contributed by atoms with Gasteiger partial charge in [0.25, 0.3) is 0 Å². The highest BCUT2D eigenvalue weighted by Gasteiger charge is 2.40. The van der Waals surface area contributed by atoms with Gasteiger partial charge in [0.2, 0.25) is 0 Å². The molecule has 0 radical (unpaired) electrons. The smallest absolute Gasteiger partial charge is 0.170 e. The highest BCUT2D eigenvalue weighted by Crippen LogP contribution is 2.39. The topological polar surface area (TPSA) is 48.4 Å². The first-order chi connectivity index (χ1) is 17.6. The predicted molar refractivity (Wildman–Crippen MR) is 152 cm³/mol. The number of nitrogens with zero attached hydrogens (tertiary/aromatic N) is 4. The summed E-state index contributed by atoms with van der Waals surface area (Å²) in [5.74, 6) is 0. The molecule has 7 heteroatoms. The molecule has 0 bridgehead atoms. The van der Waals surface area contributed by atoms with E-state index >= 15 is 0 Å². The average Bonchev–Trinajstić information content (AvgIpc) is 3.52. The number of nitrogens with one attached hydrogen (secondary N) is 2. The molecule has 0 spiro atoms. The van der Waals surface area contributed by atoms with E-state index in [1.165, 1.54) is 11.4 Å². The van der Waals surface area contributed by atoms with Gasteiger partial charge in [0.15, 0.2) is 5.11 Å². The molecule has 36 heavy (non-hydrogen) atoms. The van der Waals surface area contributed by atoms with Gasteiger partial charge in [-0.1, -0.05) is 24.3 Å². The zero-order chi connectivity index (χ0) is 24.9. The van der Waals surface area contributed by atoms with Gasteiger partial charge in [0.1, 0.15) is 0 Å². The largest absolute Gasteiger partial charge is 0.385 e. The molecule has 0 aliphatic carbocycles. The standard InChI is InChI=1S/C29H32N6S/c1-33(2)23-14-16-24(17-15-23)34-20-8-13-26(34)28-27(25-12-6-7-18-31-25)32-29(36)35(28)21-9-19-30-22-10-4-3-5-11-22/h3-8,10-18,20,27-28,30H,9,19,21H2,1-2H3,(H,32,36)/t27-,28+/m0/s1. The number of pyridine rings is 1. The van der Waals surface area contributed by atoms with Gasteiger partial charge in [0.05, 0.1) is 17.8 Å². The van der Waals surface area contributed by atoms with Crippen molar-refractivity contribution in [2.24, 2.45) is 0 Å². The first-order valence-electron chi connectivity index (χ1n) is 12.3. The van der Waals surface area contributed by atoms with Crippen LogP contribution in [0.5, 0.6) is 0 Å². The Bertz CT molecular complexity index is 1270. The van der Waals surface area contributed by atoms with Crippen molar-refractivity contribution in [2.45, 2.75) is 18.5 Å². The van der Waals surface area contributed by atoms with Crippen molar-refractivity contribution in [1.29, 1.82) is 0 Å². The number of thiocarbonyl (C=S) groups is 1. The summed E-state index contributed by atoms with van der Waals surface area (Å²) in [7, 11) is 4.12. The van der Waals surface area contributed by atoms with Crippen LogP contribution in [0.4, 0.5) is 11.4 Å². The van der Waals surface area contributed by atoms with Crippen LogP contribution in [-0.2, 0) is 0 Å². The van der Waals surface area contributed by atoms with Crippen LogP contribution in [0.25, 0.3) is 5.69 Å². The second-order valence-electron chi connectivity index (χ2n) is 9.18. The molecule has 3 heterocycles. The summed E-state index contributed by atoms with van der Waals surface area (Å²) in [6.45, 7) is 1.71. The molecule has 1 aliphatic rings. The Morgan fingerprint density at radius 2 is 1.72 bits per heavy atom. The minimum absolute atomic E-state index is 0.0210. The third-order valence-corrected chi connectivity index (χ3v) is 6.96. The van der Waals surface area contributed by atoms with E-state index in [9.17, 15) is 0 Å². The van der Waals surface area contributed by atoms with E-state index in [-0.39, 0.29) is 12.1 Å². The summed E-state index contributed by atoms with van der Waals surface area (Å²) in [4.78, 5) is 9.12. The fraction of sp³-hybridized carbons (Fsp3) is 0.241. The molecular formula is C29H32N6S. The van der Waals surface area contributed by atoms with E-state index in [4.69, 9.17) is 12.2 Å². The molecule has 1 aliphatic heterocycles. The molecule has 0 amide bonds. The molecule has 184 valence electrons. The van der Waals surface area contributed by atoms with Gasteiger partial charge in [-0.05, 0) is 79.3 Å². The summed E-state index contributed by atoms with van der Waals surface area (Å²) in [5.41, 5.74) is 5.62. The van der Waals surface area contributed by atoms with E-state index < -0.39 is 0 Å². The van der Waals surface area contributed by atoms with Gasteiger partial charge in [-0.3, -0.25) is 4.98 Å². The fourth-order valence-corrected chi connectivity index (χ4v) is 5.12. The number of aromatic nitrogens is 2. The van der Waals surface area contributed by atoms with Gasteiger partial charge >= 0.3 is 0 Å². The number of para-hydroxylation sites is 1. The maximum atomic E-state index is 5.87. The van der Waals surface area contributed by atoms with Crippen LogP contribution in [0.1, 0.15) is 29.9 Å². The minimum Gasteiger partial charge on any atom is -0.385 e. The summed E-state index contributed by atoms with van der Waals surface area (Å²) in [6, 6.07) is 29.3.